The Hall–Kier alpha value is -2.41. The zero-order chi connectivity index (χ0) is 19.8. The van der Waals surface area contributed by atoms with Crippen molar-refractivity contribution in [2.75, 3.05) is 31.5 Å². The highest BCUT2D eigenvalue weighted by Gasteiger charge is 2.30. The first-order valence-electron chi connectivity index (χ1n) is 9.64. The van der Waals surface area contributed by atoms with Crippen molar-refractivity contribution in [2.45, 2.75) is 33.1 Å². The third-order valence-corrected chi connectivity index (χ3v) is 5.00. The number of carbonyl (C=O) groups is 3. The van der Waals surface area contributed by atoms with Gasteiger partial charge >= 0.3 is 0 Å². The second-order valence-corrected chi connectivity index (χ2v) is 7.01. The lowest BCUT2D eigenvalue weighted by Crippen LogP contribution is -2.45. The van der Waals surface area contributed by atoms with Crippen molar-refractivity contribution in [3.8, 4) is 0 Å². The molecule has 1 aliphatic heterocycles. The van der Waals surface area contributed by atoms with Crippen LogP contribution >= 0.6 is 0 Å². The average Bonchev–Trinajstić information content (AvgIpc) is 2.71. The smallest absolute Gasteiger partial charge is 0.253 e. The highest BCUT2D eigenvalue weighted by molar-refractivity contribution is 6.04. The fraction of sp³-hybridized carbons (Fsp3) is 0.550. The second-order valence-electron chi connectivity index (χ2n) is 7.01. The quantitative estimate of drug-likeness (QED) is 0.674. The number of carbonyl (C=O) groups excluding carboxylic acids is 3. The molecular formula is C20H30N4O3. The molecule has 148 valence electrons. The van der Waals surface area contributed by atoms with Gasteiger partial charge in [0.1, 0.15) is 0 Å². The van der Waals surface area contributed by atoms with Gasteiger partial charge in [-0.25, -0.2) is 0 Å². The largest absolute Gasteiger partial charge is 0.351 e. The van der Waals surface area contributed by atoms with E-state index in [2.05, 4.69) is 10.6 Å². The summed E-state index contributed by atoms with van der Waals surface area (Å²) in [6.45, 7) is 5.76. The maximum Gasteiger partial charge on any atom is 0.253 e. The van der Waals surface area contributed by atoms with E-state index in [4.69, 9.17) is 5.73 Å². The van der Waals surface area contributed by atoms with E-state index in [1.54, 1.807) is 29.2 Å². The molecule has 1 aliphatic rings. The first-order chi connectivity index (χ1) is 13.0. The normalized spacial score (nSPS) is 17.9. The number of amides is 3. The number of benzene rings is 1. The van der Waals surface area contributed by atoms with E-state index in [0.717, 1.165) is 19.3 Å². The van der Waals surface area contributed by atoms with Gasteiger partial charge in [-0.05, 0) is 31.4 Å². The molecule has 0 aliphatic carbocycles. The minimum absolute atomic E-state index is 0.0289. The SMILES string of the molecule is CCC(C)C(=O)N1CCCC(C(=O)Nc2ccccc2C(=O)NCCN)C1. The number of rotatable bonds is 7. The van der Waals surface area contributed by atoms with Crippen LogP contribution < -0.4 is 16.4 Å². The van der Waals surface area contributed by atoms with Gasteiger partial charge in [-0.1, -0.05) is 26.0 Å². The molecule has 0 aromatic heterocycles. The fourth-order valence-electron chi connectivity index (χ4n) is 3.18. The Balaban J connectivity index is 2.04. The van der Waals surface area contributed by atoms with E-state index < -0.39 is 0 Å². The molecule has 3 amide bonds. The Labute approximate surface area is 160 Å². The molecule has 7 nitrogen and oxygen atoms in total. The van der Waals surface area contributed by atoms with Gasteiger partial charge < -0.3 is 21.3 Å². The molecule has 1 fully saturated rings. The van der Waals surface area contributed by atoms with Crippen LogP contribution in [0.4, 0.5) is 5.69 Å². The lowest BCUT2D eigenvalue weighted by atomic mass is 9.95. The van der Waals surface area contributed by atoms with Gasteiger partial charge in [-0.15, -0.1) is 0 Å². The molecule has 2 rings (SSSR count). The first-order valence-corrected chi connectivity index (χ1v) is 9.64. The van der Waals surface area contributed by atoms with Gasteiger partial charge in [0.05, 0.1) is 17.2 Å². The predicted molar refractivity (Wildman–Crippen MR) is 105 cm³/mol. The van der Waals surface area contributed by atoms with Gasteiger partial charge in [0, 0.05) is 32.1 Å². The third-order valence-electron chi connectivity index (χ3n) is 5.00. The number of nitrogens with zero attached hydrogens (tertiary/aromatic N) is 1. The number of nitrogens with two attached hydrogens (primary N) is 1. The third kappa shape index (κ3) is 5.53. The molecule has 1 aromatic rings. The molecule has 2 atom stereocenters. The maximum atomic E-state index is 12.8. The van der Waals surface area contributed by atoms with E-state index in [1.165, 1.54) is 0 Å². The summed E-state index contributed by atoms with van der Waals surface area (Å²) in [7, 11) is 0. The van der Waals surface area contributed by atoms with Crippen LogP contribution in [0.25, 0.3) is 0 Å². The standard InChI is InChI=1S/C20H30N4O3/c1-3-14(2)20(27)24-12-6-7-15(13-24)18(25)23-17-9-5-4-8-16(17)19(26)22-11-10-21/h4-5,8-9,14-15H,3,6-7,10-13,21H2,1-2H3,(H,22,26)(H,23,25). The number of anilines is 1. The minimum atomic E-state index is -0.271. The number of piperidine rings is 1. The van der Waals surface area contributed by atoms with E-state index in [0.29, 0.717) is 37.4 Å². The van der Waals surface area contributed by atoms with Crippen LogP contribution in [0, 0.1) is 11.8 Å². The van der Waals surface area contributed by atoms with Crippen molar-refractivity contribution in [2.24, 2.45) is 17.6 Å². The predicted octanol–water partition coefficient (Wildman–Crippen LogP) is 1.60. The van der Waals surface area contributed by atoms with Crippen molar-refractivity contribution in [3.63, 3.8) is 0 Å². The van der Waals surface area contributed by atoms with Crippen molar-refractivity contribution in [1.82, 2.24) is 10.2 Å². The lowest BCUT2D eigenvalue weighted by molar-refractivity contribution is -0.138. The number of nitrogens with one attached hydrogen (secondary N) is 2. The molecule has 2 unspecified atom stereocenters. The Kier molecular flexibility index (Phi) is 7.79. The molecule has 1 heterocycles. The van der Waals surface area contributed by atoms with Crippen LogP contribution in [0.2, 0.25) is 0 Å². The van der Waals surface area contributed by atoms with Crippen LogP contribution in [0.1, 0.15) is 43.5 Å². The van der Waals surface area contributed by atoms with Gasteiger partial charge in [-0.3, -0.25) is 14.4 Å². The summed E-state index contributed by atoms with van der Waals surface area (Å²) in [6, 6.07) is 6.90. The van der Waals surface area contributed by atoms with Crippen LogP contribution in [0.5, 0.6) is 0 Å². The zero-order valence-electron chi connectivity index (χ0n) is 16.2. The summed E-state index contributed by atoms with van der Waals surface area (Å²) in [5.74, 6) is -0.619. The van der Waals surface area contributed by atoms with E-state index >= 15 is 0 Å². The van der Waals surface area contributed by atoms with Crippen LogP contribution in [0.15, 0.2) is 24.3 Å². The number of likely N-dealkylation sites (tertiary alicyclic amines) is 1. The van der Waals surface area contributed by atoms with Gasteiger partial charge in [0.15, 0.2) is 0 Å². The average molecular weight is 374 g/mol. The number of hydrogen-bond acceptors (Lipinski definition) is 4. The molecule has 1 aromatic carbocycles. The molecule has 0 spiro atoms. The molecule has 1 saturated heterocycles. The molecule has 0 bridgehead atoms. The van der Waals surface area contributed by atoms with E-state index in [9.17, 15) is 14.4 Å². The van der Waals surface area contributed by atoms with E-state index in [1.807, 2.05) is 13.8 Å². The summed E-state index contributed by atoms with van der Waals surface area (Å²) >= 11 is 0. The minimum Gasteiger partial charge on any atom is -0.351 e. The lowest BCUT2D eigenvalue weighted by Gasteiger charge is -2.33. The summed E-state index contributed by atoms with van der Waals surface area (Å²) in [5, 5.41) is 5.59. The Morgan fingerprint density at radius 1 is 1.30 bits per heavy atom. The van der Waals surface area contributed by atoms with Crippen molar-refractivity contribution in [3.05, 3.63) is 29.8 Å². The van der Waals surface area contributed by atoms with Crippen LogP contribution in [-0.4, -0.2) is 48.8 Å². The van der Waals surface area contributed by atoms with Gasteiger partial charge in [-0.2, -0.15) is 0 Å². The molecule has 0 radical (unpaired) electrons. The molecule has 4 N–H and O–H groups in total. The zero-order valence-corrected chi connectivity index (χ0v) is 16.2. The fourth-order valence-corrected chi connectivity index (χ4v) is 3.18. The summed E-state index contributed by atoms with van der Waals surface area (Å²) < 4.78 is 0. The summed E-state index contributed by atoms with van der Waals surface area (Å²) in [5.41, 5.74) is 6.30. The highest BCUT2D eigenvalue weighted by atomic mass is 16.2. The number of hydrogen-bond donors (Lipinski definition) is 3. The van der Waals surface area contributed by atoms with Crippen molar-refractivity contribution in [1.29, 1.82) is 0 Å². The Bertz CT molecular complexity index is 677. The highest BCUT2D eigenvalue weighted by Crippen LogP contribution is 2.22. The molecule has 7 heteroatoms. The van der Waals surface area contributed by atoms with Crippen molar-refractivity contribution < 1.29 is 14.4 Å². The molecule has 27 heavy (non-hydrogen) atoms. The number of para-hydroxylation sites is 1. The first kappa shape index (κ1) is 20.9. The maximum absolute atomic E-state index is 12.8. The van der Waals surface area contributed by atoms with Crippen LogP contribution in [0.3, 0.4) is 0 Å². The second kappa shape index (κ2) is 10.1. The van der Waals surface area contributed by atoms with Crippen LogP contribution in [-0.2, 0) is 9.59 Å². The van der Waals surface area contributed by atoms with Gasteiger partial charge in [0.2, 0.25) is 11.8 Å². The topological polar surface area (TPSA) is 105 Å². The Morgan fingerprint density at radius 3 is 2.74 bits per heavy atom. The van der Waals surface area contributed by atoms with E-state index in [-0.39, 0.29) is 29.6 Å². The summed E-state index contributed by atoms with van der Waals surface area (Å²) in [6.07, 6.45) is 2.33. The monoisotopic (exact) mass is 374 g/mol. The van der Waals surface area contributed by atoms with Crippen molar-refractivity contribution >= 4 is 23.4 Å². The Morgan fingerprint density at radius 2 is 2.04 bits per heavy atom. The molecular weight excluding hydrogens is 344 g/mol. The summed E-state index contributed by atoms with van der Waals surface area (Å²) in [4.78, 5) is 39.2. The molecule has 0 saturated carbocycles. The van der Waals surface area contributed by atoms with Gasteiger partial charge in [0.25, 0.3) is 5.91 Å².